The zero-order valence-corrected chi connectivity index (χ0v) is 12.1. The molecule has 1 saturated heterocycles. The van der Waals surface area contributed by atoms with Crippen molar-refractivity contribution in [3.05, 3.63) is 35.4 Å². The van der Waals surface area contributed by atoms with Crippen molar-refractivity contribution in [1.29, 1.82) is 0 Å². The first-order valence-corrected chi connectivity index (χ1v) is 7.33. The quantitative estimate of drug-likeness (QED) is 0.865. The fourth-order valence-electron chi connectivity index (χ4n) is 2.81. The standard InChI is InChI=1S/C16H20N2O3/c1-11(19)17-8-12-2-4-13(5-3-12)15(20)18-9-16(21,10-18)14-6-7-14/h2-5,14,21H,6-10H2,1H3,(H,17,19). The van der Waals surface area contributed by atoms with Gasteiger partial charge in [-0.25, -0.2) is 0 Å². The highest BCUT2D eigenvalue weighted by atomic mass is 16.3. The van der Waals surface area contributed by atoms with Gasteiger partial charge in [0.05, 0.1) is 13.1 Å². The Labute approximate surface area is 123 Å². The van der Waals surface area contributed by atoms with E-state index >= 15 is 0 Å². The molecule has 0 bridgehead atoms. The largest absolute Gasteiger partial charge is 0.386 e. The summed E-state index contributed by atoms with van der Waals surface area (Å²) in [6, 6.07) is 7.23. The highest BCUT2D eigenvalue weighted by molar-refractivity contribution is 5.95. The molecule has 1 aliphatic heterocycles. The molecule has 0 spiro atoms. The molecule has 1 aliphatic carbocycles. The zero-order chi connectivity index (χ0) is 15.0. The fraction of sp³-hybridized carbons (Fsp3) is 0.500. The van der Waals surface area contributed by atoms with Crippen molar-refractivity contribution in [2.24, 2.45) is 5.92 Å². The maximum Gasteiger partial charge on any atom is 0.254 e. The van der Waals surface area contributed by atoms with Crippen LogP contribution in [0.5, 0.6) is 0 Å². The fourth-order valence-corrected chi connectivity index (χ4v) is 2.81. The van der Waals surface area contributed by atoms with Crippen molar-refractivity contribution in [2.75, 3.05) is 13.1 Å². The van der Waals surface area contributed by atoms with E-state index in [-0.39, 0.29) is 11.8 Å². The van der Waals surface area contributed by atoms with Crippen LogP contribution >= 0.6 is 0 Å². The molecule has 0 radical (unpaired) electrons. The number of rotatable bonds is 4. The predicted octanol–water partition coefficient (Wildman–Crippen LogP) is 0.920. The topological polar surface area (TPSA) is 69.6 Å². The van der Waals surface area contributed by atoms with Crippen molar-refractivity contribution in [2.45, 2.75) is 31.9 Å². The summed E-state index contributed by atoms with van der Waals surface area (Å²) in [6.45, 7) is 2.84. The molecule has 1 heterocycles. The summed E-state index contributed by atoms with van der Waals surface area (Å²) in [4.78, 5) is 24.8. The molecule has 3 rings (SSSR count). The summed E-state index contributed by atoms with van der Waals surface area (Å²) in [6.07, 6.45) is 2.16. The SMILES string of the molecule is CC(=O)NCc1ccc(C(=O)N2CC(O)(C3CC3)C2)cc1. The van der Waals surface area contributed by atoms with Gasteiger partial charge in [0.25, 0.3) is 5.91 Å². The smallest absolute Gasteiger partial charge is 0.254 e. The number of β-amino-alcohol motifs (C(OH)–C–C–N with tert-alkyl or cyclic N) is 1. The first-order chi connectivity index (χ1) is 9.98. The summed E-state index contributed by atoms with van der Waals surface area (Å²) >= 11 is 0. The van der Waals surface area contributed by atoms with Crippen LogP contribution in [0, 0.1) is 5.92 Å². The molecule has 2 amide bonds. The van der Waals surface area contributed by atoms with Gasteiger partial charge in [0.1, 0.15) is 5.60 Å². The van der Waals surface area contributed by atoms with Crippen LogP contribution in [0.3, 0.4) is 0 Å². The lowest BCUT2D eigenvalue weighted by Gasteiger charge is -2.47. The van der Waals surface area contributed by atoms with Crippen LogP contribution in [0.25, 0.3) is 0 Å². The van der Waals surface area contributed by atoms with Gasteiger partial charge in [-0.3, -0.25) is 9.59 Å². The number of nitrogens with zero attached hydrogens (tertiary/aromatic N) is 1. The average Bonchev–Trinajstić information content (AvgIpc) is 3.26. The number of aliphatic hydroxyl groups is 1. The molecule has 112 valence electrons. The molecule has 0 aromatic heterocycles. The molecule has 2 aliphatic rings. The van der Waals surface area contributed by atoms with E-state index in [0.29, 0.717) is 31.1 Å². The lowest BCUT2D eigenvalue weighted by Crippen LogP contribution is -2.64. The van der Waals surface area contributed by atoms with Gasteiger partial charge in [-0.1, -0.05) is 12.1 Å². The molecular formula is C16H20N2O3. The highest BCUT2D eigenvalue weighted by Gasteiger charge is 2.53. The minimum atomic E-state index is -0.638. The van der Waals surface area contributed by atoms with Crippen molar-refractivity contribution in [3.63, 3.8) is 0 Å². The Morgan fingerprint density at radius 1 is 1.29 bits per heavy atom. The van der Waals surface area contributed by atoms with Crippen molar-refractivity contribution in [3.8, 4) is 0 Å². The van der Waals surface area contributed by atoms with Crippen LogP contribution in [0.2, 0.25) is 0 Å². The van der Waals surface area contributed by atoms with Crippen molar-refractivity contribution < 1.29 is 14.7 Å². The van der Waals surface area contributed by atoms with Gasteiger partial charge < -0.3 is 15.3 Å². The molecule has 1 aromatic rings. The minimum absolute atomic E-state index is 0.0357. The van der Waals surface area contributed by atoms with Crippen LogP contribution in [0.1, 0.15) is 35.7 Å². The molecule has 2 N–H and O–H groups in total. The Morgan fingerprint density at radius 3 is 2.43 bits per heavy atom. The molecule has 1 saturated carbocycles. The summed E-state index contributed by atoms with van der Waals surface area (Å²) < 4.78 is 0. The number of hydrogen-bond donors (Lipinski definition) is 2. The number of nitrogens with one attached hydrogen (secondary N) is 1. The van der Waals surface area contributed by atoms with E-state index in [9.17, 15) is 14.7 Å². The van der Waals surface area contributed by atoms with E-state index in [4.69, 9.17) is 0 Å². The van der Waals surface area contributed by atoms with Crippen LogP contribution in [0.4, 0.5) is 0 Å². The normalized spacial score (nSPS) is 19.8. The third kappa shape index (κ3) is 2.93. The summed E-state index contributed by atoms with van der Waals surface area (Å²) in [7, 11) is 0. The van der Waals surface area contributed by atoms with E-state index in [1.165, 1.54) is 6.92 Å². The molecule has 0 atom stereocenters. The third-order valence-corrected chi connectivity index (χ3v) is 4.30. The molecule has 5 heteroatoms. The second-order valence-electron chi connectivity index (χ2n) is 6.15. The Hall–Kier alpha value is -1.88. The van der Waals surface area contributed by atoms with Crippen molar-refractivity contribution in [1.82, 2.24) is 10.2 Å². The number of amides is 2. The second-order valence-corrected chi connectivity index (χ2v) is 6.15. The van der Waals surface area contributed by atoms with E-state index in [0.717, 1.165) is 18.4 Å². The van der Waals surface area contributed by atoms with Crippen LogP contribution in [0.15, 0.2) is 24.3 Å². The van der Waals surface area contributed by atoms with E-state index < -0.39 is 5.60 Å². The monoisotopic (exact) mass is 288 g/mol. The predicted molar refractivity (Wildman–Crippen MR) is 77.5 cm³/mol. The van der Waals surface area contributed by atoms with Crippen LogP contribution < -0.4 is 5.32 Å². The summed E-state index contributed by atoms with van der Waals surface area (Å²) in [5.41, 5.74) is 0.945. The molecule has 21 heavy (non-hydrogen) atoms. The minimum Gasteiger partial charge on any atom is -0.386 e. The van der Waals surface area contributed by atoms with Crippen LogP contribution in [-0.4, -0.2) is 40.5 Å². The van der Waals surface area contributed by atoms with E-state index in [1.807, 2.05) is 12.1 Å². The van der Waals surface area contributed by atoms with Gasteiger partial charge in [0, 0.05) is 19.0 Å². The molecule has 1 aromatic carbocycles. The van der Waals surface area contributed by atoms with Gasteiger partial charge in [-0.15, -0.1) is 0 Å². The van der Waals surface area contributed by atoms with Gasteiger partial charge in [-0.2, -0.15) is 0 Å². The maximum absolute atomic E-state index is 12.3. The van der Waals surface area contributed by atoms with Gasteiger partial charge in [0.2, 0.25) is 5.91 Å². The zero-order valence-electron chi connectivity index (χ0n) is 12.1. The molecular weight excluding hydrogens is 268 g/mol. The Morgan fingerprint density at radius 2 is 1.90 bits per heavy atom. The van der Waals surface area contributed by atoms with Gasteiger partial charge >= 0.3 is 0 Å². The average molecular weight is 288 g/mol. The Bertz CT molecular complexity index is 557. The summed E-state index contributed by atoms with van der Waals surface area (Å²) in [5, 5.41) is 13.0. The maximum atomic E-state index is 12.3. The van der Waals surface area contributed by atoms with Gasteiger partial charge in [-0.05, 0) is 36.5 Å². The highest BCUT2D eigenvalue weighted by Crippen LogP contribution is 2.44. The number of benzene rings is 1. The van der Waals surface area contributed by atoms with Crippen LogP contribution in [-0.2, 0) is 11.3 Å². The number of hydrogen-bond acceptors (Lipinski definition) is 3. The van der Waals surface area contributed by atoms with Crippen molar-refractivity contribution >= 4 is 11.8 Å². The Kier molecular flexibility index (Phi) is 3.45. The number of likely N-dealkylation sites (tertiary alicyclic amines) is 1. The Balaban J connectivity index is 1.57. The van der Waals surface area contributed by atoms with E-state index in [2.05, 4.69) is 5.32 Å². The lowest BCUT2D eigenvalue weighted by molar-refractivity contribution is -0.119. The number of carbonyl (C=O) groups is 2. The lowest BCUT2D eigenvalue weighted by atomic mass is 9.88. The molecule has 5 nitrogen and oxygen atoms in total. The second kappa shape index (κ2) is 5.15. The molecule has 2 fully saturated rings. The molecule has 0 unspecified atom stereocenters. The van der Waals surface area contributed by atoms with E-state index in [1.54, 1.807) is 17.0 Å². The first kappa shape index (κ1) is 14.1. The third-order valence-electron chi connectivity index (χ3n) is 4.30. The summed E-state index contributed by atoms with van der Waals surface area (Å²) in [5.74, 6) is 0.281. The first-order valence-electron chi connectivity index (χ1n) is 7.33. The number of carbonyl (C=O) groups excluding carboxylic acids is 2. The van der Waals surface area contributed by atoms with Gasteiger partial charge in [0.15, 0.2) is 0 Å².